The normalized spacial score (nSPS) is 15.4. The van der Waals surface area contributed by atoms with E-state index < -0.39 is 29.3 Å². The molecule has 3 aromatic carbocycles. The summed E-state index contributed by atoms with van der Waals surface area (Å²) in [6, 6.07) is 22.7. The monoisotopic (exact) mass is 526 g/mol. The molecule has 2 aromatic heterocycles. The number of furan rings is 1. The van der Waals surface area contributed by atoms with Crippen LogP contribution >= 0.6 is 11.3 Å². The van der Waals surface area contributed by atoms with Crippen LogP contribution in [0, 0.1) is 5.82 Å². The highest BCUT2D eigenvalue weighted by atomic mass is 32.1. The number of rotatable bonds is 7. The van der Waals surface area contributed by atoms with E-state index in [9.17, 15) is 19.1 Å². The maximum Gasteiger partial charge on any atom is 0.296 e. The van der Waals surface area contributed by atoms with Gasteiger partial charge >= 0.3 is 0 Å². The number of thiazole rings is 1. The van der Waals surface area contributed by atoms with Crippen molar-refractivity contribution in [3.05, 3.63) is 125 Å². The van der Waals surface area contributed by atoms with Gasteiger partial charge < -0.3 is 14.3 Å². The molecule has 1 aliphatic rings. The van der Waals surface area contributed by atoms with Crippen molar-refractivity contribution in [2.75, 3.05) is 4.90 Å². The number of carbonyl (C=O) groups is 2. The number of aliphatic hydroxyl groups excluding tert-OH is 1. The number of hydrogen-bond donors (Lipinski definition) is 1. The summed E-state index contributed by atoms with van der Waals surface area (Å²) in [6.07, 6.45) is 1.34. The third-order valence-corrected chi connectivity index (χ3v) is 7.18. The average molecular weight is 527 g/mol. The van der Waals surface area contributed by atoms with Crippen LogP contribution in [0.15, 0.2) is 107 Å². The van der Waals surface area contributed by atoms with Crippen molar-refractivity contribution in [3.8, 4) is 5.75 Å². The van der Waals surface area contributed by atoms with Gasteiger partial charge in [0.25, 0.3) is 5.91 Å². The third-order valence-electron chi connectivity index (χ3n) is 6.17. The van der Waals surface area contributed by atoms with Gasteiger partial charge in [-0.05, 0) is 53.6 Å². The van der Waals surface area contributed by atoms with Gasteiger partial charge in [-0.1, -0.05) is 53.8 Å². The molecule has 0 saturated carbocycles. The number of ketones is 1. The third kappa shape index (κ3) is 4.22. The van der Waals surface area contributed by atoms with Gasteiger partial charge in [-0.3, -0.25) is 14.5 Å². The summed E-state index contributed by atoms with van der Waals surface area (Å²) in [4.78, 5) is 32.6. The summed E-state index contributed by atoms with van der Waals surface area (Å²) in [5.74, 6) is -2.06. The van der Waals surface area contributed by atoms with Crippen LogP contribution in [0.1, 0.15) is 27.7 Å². The number of ether oxygens (including phenoxy) is 1. The summed E-state index contributed by atoms with van der Waals surface area (Å²) >= 11 is 1.09. The lowest BCUT2D eigenvalue weighted by molar-refractivity contribution is -0.117. The maximum absolute atomic E-state index is 13.8. The van der Waals surface area contributed by atoms with Crippen molar-refractivity contribution in [3.63, 3.8) is 0 Å². The number of amides is 1. The number of fused-ring (bicyclic) bond motifs is 1. The van der Waals surface area contributed by atoms with E-state index in [1.54, 1.807) is 30.3 Å². The molecular formula is C29H19FN2O5S. The summed E-state index contributed by atoms with van der Waals surface area (Å²) < 4.78 is 25.6. The van der Waals surface area contributed by atoms with Gasteiger partial charge in [-0.25, -0.2) is 9.37 Å². The fourth-order valence-corrected chi connectivity index (χ4v) is 5.41. The predicted molar refractivity (Wildman–Crippen MR) is 140 cm³/mol. The first-order valence-corrected chi connectivity index (χ1v) is 12.5. The Morgan fingerprint density at radius 2 is 1.89 bits per heavy atom. The summed E-state index contributed by atoms with van der Waals surface area (Å²) in [5.41, 5.74) is 1.84. The van der Waals surface area contributed by atoms with Gasteiger partial charge in [0.05, 0.1) is 28.1 Å². The SMILES string of the molecule is O=C(C1=C(O)C(=O)N(c2nc3ccc(F)cc3s2)C1c1cccc(OCc2ccccc2)c1)c1ccco1. The number of carbonyl (C=O) groups excluding carboxylic acids is 2. The van der Waals surface area contributed by atoms with E-state index in [1.165, 1.54) is 35.4 Å². The smallest absolute Gasteiger partial charge is 0.296 e. The van der Waals surface area contributed by atoms with Gasteiger partial charge in [0, 0.05) is 0 Å². The largest absolute Gasteiger partial charge is 0.503 e. The second-order valence-corrected chi connectivity index (χ2v) is 9.61. The zero-order valence-corrected chi connectivity index (χ0v) is 20.5. The molecule has 1 atom stereocenters. The van der Waals surface area contributed by atoms with E-state index in [0.717, 1.165) is 16.9 Å². The zero-order valence-electron chi connectivity index (χ0n) is 19.7. The van der Waals surface area contributed by atoms with Crippen LogP contribution in [-0.2, 0) is 11.4 Å². The second-order valence-electron chi connectivity index (χ2n) is 8.60. The molecule has 0 aliphatic carbocycles. The summed E-state index contributed by atoms with van der Waals surface area (Å²) in [5, 5.41) is 11.2. The molecule has 7 nitrogen and oxygen atoms in total. The van der Waals surface area contributed by atoms with Crippen LogP contribution in [0.3, 0.4) is 0 Å². The topological polar surface area (TPSA) is 92.9 Å². The van der Waals surface area contributed by atoms with Crippen molar-refractivity contribution in [1.29, 1.82) is 0 Å². The van der Waals surface area contributed by atoms with Gasteiger partial charge in [-0.2, -0.15) is 0 Å². The fraction of sp³-hybridized carbons (Fsp3) is 0.0690. The van der Waals surface area contributed by atoms with Gasteiger partial charge in [0.15, 0.2) is 16.7 Å². The number of hydrogen-bond acceptors (Lipinski definition) is 7. The molecule has 0 saturated heterocycles. The number of aromatic nitrogens is 1. The van der Waals surface area contributed by atoms with Crippen molar-refractivity contribution < 1.29 is 28.2 Å². The van der Waals surface area contributed by atoms with E-state index >= 15 is 0 Å². The second kappa shape index (κ2) is 9.60. The first-order chi connectivity index (χ1) is 18.5. The fourth-order valence-electron chi connectivity index (χ4n) is 4.40. The van der Waals surface area contributed by atoms with Crippen molar-refractivity contribution in [1.82, 2.24) is 4.98 Å². The molecule has 1 amide bonds. The molecule has 1 aliphatic heterocycles. The quantitative estimate of drug-likeness (QED) is 0.247. The Kier molecular flexibility index (Phi) is 5.97. The summed E-state index contributed by atoms with van der Waals surface area (Å²) in [6.45, 7) is 0.320. The lowest BCUT2D eigenvalue weighted by Crippen LogP contribution is -2.31. The van der Waals surface area contributed by atoms with Crippen molar-refractivity contribution in [2.45, 2.75) is 12.6 Å². The number of halogens is 1. The molecule has 0 spiro atoms. The Morgan fingerprint density at radius 1 is 1.05 bits per heavy atom. The summed E-state index contributed by atoms with van der Waals surface area (Å²) in [7, 11) is 0. The van der Waals surface area contributed by atoms with Crippen LogP contribution in [0.2, 0.25) is 0 Å². The van der Waals surface area contributed by atoms with E-state index in [-0.39, 0.29) is 16.5 Å². The zero-order chi connectivity index (χ0) is 26.2. The van der Waals surface area contributed by atoms with Gasteiger partial charge in [-0.15, -0.1) is 0 Å². The van der Waals surface area contributed by atoms with E-state index in [0.29, 0.717) is 28.1 Å². The van der Waals surface area contributed by atoms with Crippen LogP contribution in [0.4, 0.5) is 9.52 Å². The van der Waals surface area contributed by atoms with Crippen LogP contribution in [0.25, 0.3) is 10.2 Å². The molecule has 0 fully saturated rings. The molecule has 1 unspecified atom stereocenters. The van der Waals surface area contributed by atoms with E-state index in [2.05, 4.69) is 4.98 Å². The lowest BCUT2D eigenvalue weighted by atomic mass is 9.95. The number of anilines is 1. The van der Waals surface area contributed by atoms with E-state index in [1.807, 2.05) is 30.3 Å². The van der Waals surface area contributed by atoms with Crippen LogP contribution in [-0.4, -0.2) is 21.8 Å². The van der Waals surface area contributed by atoms with Crippen LogP contribution in [0.5, 0.6) is 5.75 Å². The molecule has 0 bridgehead atoms. The van der Waals surface area contributed by atoms with Gasteiger partial charge in [0.1, 0.15) is 18.2 Å². The highest BCUT2D eigenvalue weighted by Gasteiger charge is 2.46. The molecule has 188 valence electrons. The number of aliphatic hydroxyl groups is 1. The minimum absolute atomic E-state index is 0.0194. The molecule has 5 aromatic rings. The molecular weight excluding hydrogens is 507 g/mol. The van der Waals surface area contributed by atoms with Gasteiger partial charge in [0.2, 0.25) is 5.78 Å². The number of Topliss-reactive ketones (excluding diaryl/α,β-unsaturated/α-hetero) is 1. The Hall–Kier alpha value is -4.76. The molecule has 0 radical (unpaired) electrons. The predicted octanol–water partition coefficient (Wildman–Crippen LogP) is 6.39. The molecule has 3 heterocycles. The Balaban J connectivity index is 1.43. The Labute approximate surface area is 220 Å². The molecule has 38 heavy (non-hydrogen) atoms. The first-order valence-electron chi connectivity index (χ1n) is 11.7. The highest BCUT2D eigenvalue weighted by Crippen LogP contribution is 2.44. The van der Waals surface area contributed by atoms with Crippen molar-refractivity contribution >= 4 is 38.4 Å². The minimum Gasteiger partial charge on any atom is -0.503 e. The average Bonchev–Trinajstić information content (AvgIpc) is 3.67. The number of nitrogens with zero attached hydrogens (tertiary/aromatic N) is 2. The Morgan fingerprint density at radius 3 is 2.68 bits per heavy atom. The lowest BCUT2D eigenvalue weighted by Gasteiger charge is -2.24. The molecule has 9 heteroatoms. The highest BCUT2D eigenvalue weighted by molar-refractivity contribution is 7.22. The standard InChI is InChI=1S/C29H19FN2O5S/c30-19-11-12-21-23(15-19)38-29(31-21)32-25(24(27(34)28(32)35)26(33)22-10-5-13-36-22)18-8-4-9-20(14-18)37-16-17-6-2-1-3-7-17/h1-15,25,34H,16H2. The minimum atomic E-state index is -1.02. The molecule has 1 N–H and O–H groups in total. The first kappa shape index (κ1) is 23.6. The van der Waals surface area contributed by atoms with E-state index in [4.69, 9.17) is 9.15 Å². The molecule has 6 rings (SSSR count). The number of benzene rings is 3. The Bertz CT molecular complexity index is 1690. The van der Waals surface area contributed by atoms with Crippen molar-refractivity contribution in [2.24, 2.45) is 0 Å². The van der Waals surface area contributed by atoms with Crippen LogP contribution < -0.4 is 9.64 Å². The maximum atomic E-state index is 13.8.